The number of nitrogens with one attached hydrogen (secondary N) is 2. The van der Waals surface area contributed by atoms with E-state index in [1.54, 1.807) is 54.2 Å². The van der Waals surface area contributed by atoms with Gasteiger partial charge in [0.05, 0.1) is 5.69 Å². The highest BCUT2D eigenvalue weighted by molar-refractivity contribution is 8.01. The van der Waals surface area contributed by atoms with E-state index in [4.69, 9.17) is 11.6 Å². The highest BCUT2D eigenvalue weighted by Crippen LogP contribution is 2.37. The number of piperazine rings is 1. The van der Waals surface area contributed by atoms with Crippen molar-refractivity contribution in [3.8, 4) is 16.3 Å². The molecular weight excluding hydrogens is 609 g/mol. The highest BCUT2D eigenvalue weighted by atomic mass is 35.5. The summed E-state index contributed by atoms with van der Waals surface area (Å²) >= 11 is 7.98. The number of hydrogen-bond acceptors (Lipinski definition) is 9. The van der Waals surface area contributed by atoms with Crippen LogP contribution in [0.5, 0.6) is 0 Å². The molecule has 0 radical (unpaired) electrons. The highest BCUT2D eigenvalue weighted by Gasteiger charge is 2.32. The lowest BCUT2D eigenvalue weighted by Gasteiger charge is -2.29. The topological polar surface area (TPSA) is 105 Å². The molecule has 0 amide bonds. The average Bonchev–Trinajstić information content (AvgIpc) is 3.74. The molecule has 1 unspecified atom stereocenters. The van der Waals surface area contributed by atoms with Gasteiger partial charge in [-0.1, -0.05) is 17.7 Å². The van der Waals surface area contributed by atoms with Crippen molar-refractivity contribution in [3.05, 3.63) is 81.4 Å². The number of aromatic nitrogens is 4. The second kappa shape index (κ2) is 11.0. The Labute approximate surface area is 256 Å². The lowest BCUT2D eigenvalue weighted by molar-refractivity contribution is 0.566. The van der Waals surface area contributed by atoms with Crippen LogP contribution in [0.4, 0.5) is 21.7 Å². The molecule has 5 aromatic rings. The van der Waals surface area contributed by atoms with Crippen LogP contribution in [0.25, 0.3) is 27.3 Å². The van der Waals surface area contributed by atoms with Crippen molar-refractivity contribution in [1.29, 1.82) is 0 Å². The zero-order valence-corrected chi connectivity index (χ0v) is 25.3. The van der Waals surface area contributed by atoms with E-state index in [9.17, 15) is 9.00 Å². The minimum absolute atomic E-state index is 0.0684. The fraction of sp³-hybridized carbons (Fsp3) is 0.233. The summed E-state index contributed by atoms with van der Waals surface area (Å²) in [5.41, 5.74) is 1.82. The van der Waals surface area contributed by atoms with E-state index < -0.39 is 9.52 Å². The van der Waals surface area contributed by atoms with Crippen molar-refractivity contribution in [1.82, 2.24) is 24.8 Å². The number of benzene rings is 2. The summed E-state index contributed by atoms with van der Waals surface area (Å²) in [6.45, 7) is 3.09. The number of thiazole rings is 1. The SMILES string of the molecule is C=S(=O)(c1ccc(-c2cc3cnc(Nc4ccc(N5CCNCC5)c(F)c4)nc3n(-c3nccs3)c2=O)c(Cl)c1)C1CC1. The van der Waals surface area contributed by atoms with Gasteiger partial charge in [0.25, 0.3) is 5.56 Å². The normalized spacial score (nSPS) is 16.7. The summed E-state index contributed by atoms with van der Waals surface area (Å²) in [6, 6.07) is 11.7. The zero-order chi connectivity index (χ0) is 29.7. The van der Waals surface area contributed by atoms with E-state index in [1.165, 1.54) is 22.0 Å². The van der Waals surface area contributed by atoms with E-state index in [-0.39, 0.29) is 22.6 Å². The summed E-state index contributed by atoms with van der Waals surface area (Å²) in [5.74, 6) is 3.83. The molecule has 7 rings (SSSR count). The van der Waals surface area contributed by atoms with Crippen LogP contribution in [0, 0.1) is 5.82 Å². The van der Waals surface area contributed by atoms with Gasteiger partial charge in [-0.15, -0.1) is 11.3 Å². The predicted octanol–water partition coefficient (Wildman–Crippen LogP) is 5.09. The van der Waals surface area contributed by atoms with Crippen LogP contribution in [0.3, 0.4) is 0 Å². The van der Waals surface area contributed by atoms with Gasteiger partial charge in [0.2, 0.25) is 5.95 Å². The maximum Gasteiger partial charge on any atom is 0.266 e. The first-order valence-corrected chi connectivity index (χ1v) is 16.9. The number of hydrogen-bond donors (Lipinski definition) is 2. The smallest absolute Gasteiger partial charge is 0.266 e. The molecule has 2 fully saturated rings. The fourth-order valence-corrected chi connectivity index (χ4v) is 8.19. The maximum atomic E-state index is 15.0. The van der Waals surface area contributed by atoms with E-state index >= 15 is 4.39 Å². The molecule has 2 aliphatic rings. The molecule has 1 saturated heterocycles. The minimum atomic E-state index is -2.45. The molecule has 0 bridgehead atoms. The molecular formula is C30H27ClFN7O2S2. The molecule has 13 heteroatoms. The first kappa shape index (κ1) is 28.0. The first-order chi connectivity index (χ1) is 20.8. The van der Waals surface area contributed by atoms with Gasteiger partial charge in [-0.25, -0.2) is 18.9 Å². The summed E-state index contributed by atoms with van der Waals surface area (Å²) in [6.07, 6.45) is 4.98. The fourth-order valence-electron chi connectivity index (χ4n) is 5.30. The van der Waals surface area contributed by atoms with Crippen LogP contribution in [-0.4, -0.2) is 61.0 Å². The summed E-state index contributed by atoms with van der Waals surface area (Å²) in [4.78, 5) is 30.1. The van der Waals surface area contributed by atoms with Crippen LogP contribution in [0.1, 0.15) is 12.8 Å². The van der Waals surface area contributed by atoms with Gasteiger partial charge in [0.1, 0.15) is 5.82 Å². The van der Waals surface area contributed by atoms with E-state index in [1.807, 2.05) is 4.90 Å². The molecule has 0 spiro atoms. The second-order valence-electron chi connectivity index (χ2n) is 10.6. The van der Waals surface area contributed by atoms with Gasteiger partial charge < -0.3 is 15.5 Å². The third-order valence-electron chi connectivity index (χ3n) is 7.71. The number of halogens is 2. The van der Waals surface area contributed by atoms with Crippen molar-refractivity contribution in [2.75, 3.05) is 36.4 Å². The van der Waals surface area contributed by atoms with Crippen molar-refractivity contribution in [2.45, 2.75) is 23.0 Å². The molecule has 1 aliphatic carbocycles. The largest absolute Gasteiger partial charge is 0.367 e. The molecule has 1 aliphatic heterocycles. The van der Waals surface area contributed by atoms with E-state index in [0.717, 1.165) is 39.0 Å². The Morgan fingerprint density at radius 1 is 1.09 bits per heavy atom. The van der Waals surface area contributed by atoms with Crippen molar-refractivity contribution in [3.63, 3.8) is 0 Å². The number of pyridine rings is 1. The Morgan fingerprint density at radius 2 is 1.91 bits per heavy atom. The Morgan fingerprint density at radius 3 is 2.60 bits per heavy atom. The Balaban J connectivity index is 1.27. The first-order valence-electron chi connectivity index (χ1n) is 13.8. The molecule has 1 saturated carbocycles. The Kier molecular flexibility index (Phi) is 7.16. The molecule has 43 heavy (non-hydrogen) atoms. The monoisotopic (exact) mass is 635 g/mol. The lowest BCUT2D eigenvalue weighted by Crippen LogP contribution is -2.43. The predicted molar refractivity (Wildman–Crippen MR) is 173 cm³/mol. The Bertz CT molecular complexity index is 2020. The van der Waals surface area contributed by atoms with Crippen molar-refractivity contribution < 1.29 is 8.60 Å². The van der Waals surface area contributed by atoms with Crippen LogP contribution >= 0.6 is 22.9 Å². The second-order valence-corrected chi connectivity index (χ2v) is 14.5. The molecule has 9 nitrogen and oxygen atoms in total. The quantitative estimate of drug-likeness (QED) is 0.239. The molecule has 2 aromatic carbocycles. The Hall–Kier alpha value is -3.84. The van der Waals surface area contributed by atoms with Crippen molar-refractivity contribution in [2.24, 2.45) is 0 Å². The zero-order valence-electron chi connectivity index (χ0n) is 22.9. The third-order valence-corrected chi connectivity index (χ3v) is 11.4. The third kappa shape index (κ3) is 5.29. The number of fused-ring (bicyclic) bond motifs is 1. The number of rotatable bonds is 7. The van der Waals surface area contributed by atoms with Gasteiger partial charge in [-0.3, -0.25) is 9.00 Å². The van der Waals surface area contributed by atoms with E-state index in [2.05, 4.69) is 31.5 Å². The molecule has 3 aromatic heterocycles. The molecule has 220 valence electrons. The van der Waals surface area contributed by atoms with Crippen LogP contribution in [0.2, 0.25) is 5.02 Å². The lowest BCUT2D eigenvalue weighted by atomic mass is 10.1. The van der Waals surface area contributed by atoms with Gasteiger partial charge in [0.15, 0.2) is 10.8 Å². The van der Waals surface area contributed by atoms with Crippen LogP contribution < -0.4 is 21.1 Å². The molecule has 2 N–H and O–H groups in total. The molecule has 1 atom stereocenters. The molecule has 4 heterocycles. The maximum absolute atomic E-state index is 15.0. The minimum Gasteiger partial charge on any atom is -0.367 e. The summed E-state index contributed by atoms with van der Waals surface area (Å²) in [5, 5.41) is 9.49. The van der Waals surface area contributed by atoms with Gasteiger partial charge in [-0.2, -0.15) is 4.98 Å². The van der Waals surface area contributed by atoms with Gasteiger partial charge in [0, 0.05) is 81.3 Å². The summed E-state index contributed by atoms with van der Waals surface area (Å²) in [7, 11) is -2.45. The number of anilines is 3. The van der Waals surface area contributed by atoms with Gasteiger partial charge >= 0.3 is 0 Å². The number of nitrogens with zero attached hydrogens (tertiary/aromatic N) is 5. The van der Waals surface area contributed by atoms with Crippen molar-refractivity contribution >= 4 is 66.7 Å². The van der Waals surface area contributed by atoms with Gasteiger partial charge in [-0.05, 0) is 64.6 Å². The average molecular weight is 636 g/mol. The van der Waals surface area contributed by atoms with E-state index in [0.29, 0.717) is 48.6 Å². The standard InChI is InChI=1S/C30H27ClFN7O2S2/c1-43(41,20-3-4-20)21-5-6-22(24(31)16-21)23-14-18-17-35-29(37-27(18)39(28(23)40)30-34-10-13-42-30)36-19-2-7-26(25(32)15-19)38-11-8-33-9-12-38/h2,5-7,10,13-17,20,33H,1,3-4,8-9,11-12H2,(H,35,36,37). The summed E-state index contributed by atoms with van der Waals surface area (Å²) < 4.78 is 29.6. The van der Waals surface area contributed by atoms with Crippen LogP contribution in [-0.2, 0) is 9.52 Å². The van der Waals surface area contributed by atoms with Crippen LogP contribution in [0.15, 0.2) is 69.9 Å².